The van der Waals surface area contributed by atoms with Crippen LogP contribution in [0.4, 0.5) is 5.82 Å². The van der Waals surface area contributed by atoms with E-state index in [1.165, 1.54) is 10.1 Å². The number of hydrogen-bond acceptors (Lipinski definition) is 4. The van der Waals surface area contributed by atoms with Crippen LogP contribution in [0.5, 0.6) is 0 Å². The van der Waals surface area contributed by atoms with Crippen LogP contribution in [-0.4, -0.2) is 27.2 Å². The van der Waals surface area contributed by atoms with Crippen molar-refractivity contribution >= 4 is 23.4 Å². The highest BCUT2D eigenvalue weighted by molar-refractivity contribution is 6.30. The minimum atomic E-state index is -1.01. The molecule has 6 nitrogen and oxygen atoms in total. The molecule has 28 heavy (non-hydrogen) atoms. The largest absolute Gasteiger partial charge is 0.480 e. The third-order valence-electron chi connectivity index (χ3n) is 5.88. The van der Waals surface area contributed by atoms with Gasteiger partial charge in [0.05, 0.1) is 5.69 Å². The molecule has 0 bridgehead atoms. The number of benzene rings is 1. The molecule has 0 spiro atoms. The van der Waals surface area contributed by atoms with Gasteiger partial charge in [-0.25, -0.2) is 9.78 Å². The minimum Gasteiger partial charge on any atom is -0.480 e. The molecule has 0 unspecified atom stereocenters. The van der Waals surface area contributed by atoms with Crippen molar-refractivity contribution in [1.29, 1.82) is 0 Å². The monoisotopic (exact) mass is 403 g/mol. The molecule has 1 atom stereocenters. The van der Waals surface area contributed by atoms with Crippen molar-refractivity contribution in [2.75, 3.05) is 11.9 Å². The Morgan fingerprint density at radius 3 is 2.61 bits per heavy atom. The number of hydrogen-bond donors (Lipinski definition) is 2. The number of carbonyl (C=O) groups is 1. The highest BCUT2D eigenvalue weighted by atomic mass is 35.5. The Balaban J connectivity index is 1.85. The fourth-order valence-electron chi connectivity index (χ4n) is 4.17. The average molecular weight is 404 g/mol. The third kappa shape index (κ3) is 3.65. The van der Waals surface area contributed by atoms with Gasteiger partial charge in [0, 0.05) is 12.0 Å². The van der Waals surface area contributed by atoms with Gasteiger partial charge in [0.25, 0.3) is 5.56 Å². The molecule has 0 fully saturated rings. The maximum absolute atomic E-state index is 13.0. The lowest BCUT2D eigenvalue weighted by molar-refractivity contribution is -0.141. The van der Waals surface area contributed by atoms with Crippen LogP contribution < -0.4 is 10.9 Å². The van der Waals surface area contributed by atoms with Crippen LogP contribution in [0.25, 0.3) is 0 Å². The second-order valence-electron chi connectivity index (χ2n) is 7.34. The maximum Gasteiger partial charge on any atom is 0.326 e. The number of nitrogens with zero attached hydrogens (tertiary/aromatic N) is 2. The van der Waals surface area contributed by atoms with Crippen LogP contribution >= 0.6 is 11.6 Å². The van der Waals surface area contributed by atoms with Gasteiger partial charge in [-0.15, -0.1) is 0 Å². The molecule has 1 aromatic heterocycles. The SMILES string of the molecule is CCC1(CC)C[C@@H](C(=O)O)n2c1c(Cl)nc(NCCCc1ccccc1)c2=O. The highest BCUT2D eigenvalue weighted by Crippen LogP contribution is 2.47. The Bertz CT molecular complexity index is 907. The zero-order valence-electron chi connectivity index (χ0n) is 16.2. The number of nitrogens with one attached hydrogen (secondary N) is 1. The number of aliphatic carboxylic acids is 1. The summed E-state index contributed by atoms with van der Waals surface area (Å²) in [7, 11) is 0. The summed E-state index contributed by atoms with van der Waals surface area (Å²) in [6, 6.07) is 9.18. The Hall–Kier alpha value is -2.34. The summed E-state index contributed by atoms with van der Waals surface area (Å²) in [5.74, 6) is -0.888. The van der Waals surface area contributed by atoms with Crippen LogP contribution in [0.15, 0.2) is 35.1 Å². The Morgan fingerprint density at radius 1 is 1.32 bits per heavy atom. The van der Waals surface area contributed by atoms with Gasteiger partial charge in [-0.3, -0.25) is 9.36 Å². The first-order valence-corrected chi connectivity index (χ1v) is 10.1. The molecule has 0 aliphatic carbocycles. The molecule has 7 heteroatoms. The normalized spacial score (nSPS) is 17.3. The Labute approximate surface area is 169 Å². The fourth-order valence-corrected chi connectivity index (χ4v) is 4.55. The lowest BCUT2D eigenvalue weighted by Gasteiger charge is -2.26. The molecule has 3 rings (SSSR count). The van der Waals surface area contributed by atoms with Crippen LogP contribution in [0.3, 0.4) is 0 Å². The molecule has 1 aliphatic heterocycles. The molecule has 2 N–H and O–H groups in total. The summed E-state index contributed by atoms with van der Waals surface area (Å²) in [4.78, 5) is 29.2. The van der Waals surface area contributed by atoms with Gasteiger partial charge < -0.3 is 10.4 Å². The van der Waals surface area contributed by atoms with Gasteiger partial charge in [0.2, 0.25) is 0 Å². The number of halogens is 1. The molecular weight excluding hydrogens is 378 g/mol. The van der Waals surface area contributed by atoms with E-state index in [0.717, 1.165) is 12.8 Å². The lowest BCUT2D eigenvalue weighted by Crippen LogP contribution is -2.32. The molecular formula is C21H26ClN3O3. The van der Waals surface area contributed by atoms with Crippen LogP contribution in [0, 0.1) is 0 Å². The number of aromatic nitrogens is 2. The Kier molecular flexibility index (Phi) is 6.08. The second kappa shape index (κ2) is 8.35. The van der Waals surface area contributed by atoms with E-state index in [-0.39, 0.29) is 11.0 Å². The van der Waals surface area contributed by atoms with E-state index < -0.39 is 23.0 Å². The van der Waals surface area contributed by atoms with Crippen molar-refractivity contribution in [3.8, 4) is 0 Å². The third-order valence-corrected chi connectivity index (χ3v) is 6.15. The first kappa shape index (κ1) is 20.4. The smallest absolute Gasteiger partial charge is 0.326 e. The molecule has 1 aliphatic rings. The molecule has 0 amide bonds. The molecule has 2 aromatic rings. The second-order valence-corrected chi connectivity index (χ2v) is 7.69. The van der Waals surface area contributed by atoms with Gasteiger partial charge in [0.1, 0.15) is 6.04 Å². The molecule has 150 valence electrons. The molecule has 0 saturated carbocycles. The van der Waals surface area contributed by atoms with Crippen LogP contribution in [-0.2, 0) is 16.6 Å². The predicted octanol–water partition coefficient (Wildman–Crippen LogP) is 4.03. The van der Waals surface area contributed by atoms with Crippen molar-refractivity contribution < 1.29 is 9.90 Å². The molecule has 1 aromatic carbocycles. The summed E-state index contributed by atoms with van der Waals surface area (Å²) in [5, 5.41) is 13.0. The van der Waals surface area contributed by atoms with Gasteiger partial charge in [-0.05, 0) is 37.7 Å². The fraction of sp³-hybridized carbons (Fsp3) is 0.476. The van der Waals surface area contributed by atoms with Gasteiger partial charge in [0.15, 0.2) is 11.0 Å². The number of fused-ring (bicyclic) bond motifs is 1. The molecule has 0 saturated heterocycles. The summed E-state index contributed by atoms with van der Waals surface area (Å²) in [5.41, 5.74) is 0.947. The lowest BCUT2D eigenvalue weighted by atomic mass is 9.77. The van der Waals surface area contributed by atoms with Crippen molar-refractivity contribution in [2.24, 2.45) is 0 Å². The zero-order chi connectivity index (χ0) is 20.3. The van der Waals surface area contributed by atoms with E-state index in [1.54, 1.807) is 0 Å². The van der Waals surface area contributed by atoms with Crippen LogP contribution in [0.2, 0.25) is 5.15 Å². The average Bonchev–Trinajstić information content (AvgIpc) is 3.06. The summed E-state index contributed by atoms with van der Waals surface area (Å²) in [6.07, 6.45) is 3.47. The number of carboxylic acid groups (broad SMARTS) is 1. The first-order valence-electron chi connectivity index (χ1n) is 9.76. The van der Waals surface area contributed by atoms with Crippen molar-refractivity contribution in [3.05, 3.63) is 57.1 Å². The van der Waals surface area contributed by atoms with Crippen molar-refractivity contribution in [1.82, 2.24) is 9.55 Å². The predicted molar refractivity (Wildman–Crippen MR) is 110 cm³/mol. The minimum absolute atomic E-state index is 0.121. The van der Waals surface area contributed by atoms with E-state index in [4.69, 9.17) is 11.6 Å². The summed E-state index contributed by atoms with van der Waals surface area (Å²) in [6.45, 7) is 4.54. The van der Waals surface area contributed by atoms with E-state index in [2.05, 4.69) is 22.4 Å². The number of rotatable bonds is 8. The van der Waals surface area contributed by atoms with Crippen molar-refractivity contribution in [2.45, 2.75) is 57.4 Å². The summed E-state index contributed by atoms with van der Waals surface area (Å²) < 4.78 is 1.35. The van der Waals surface area contributed by atoms with Crippen LogP contribution in [0.1, 0.15) is 56.8 Å². The van der Waals surface area contributed by atoms with E-state index >= 15 is 0 Å². The standard InChI is InChI=1S/C21H26ClN3O3/c1-3-21(4-2)13-15(20(27)28)25-16(21)17(22)24-18(19(25)26)23-12-8-11-14-9-6-5-7-10-14/h5-7,9-10,15H,3-4,8,11-13H2,1-2H3,(H,23,24)(H,27,28)/t15-/m0/s1. The van der Waals surface area contributed by atoms with Gasteiger partial charge >= 0.3 is 5.97 Å². The molecule has 0 radical (unpaired) electrons. The van der Waals surface area contributed by atoms with Gasteiger partial charge in [-0.1, -0.05) is 55.8 Å². The van der Waals surface area contributed by atoms with E-state index in [9.17, 15) is 14.7 Å². The Morgan fingerprint density at radius 2 is 2.00 bits per heavy atom. The van der Waals surface area contributed by atoms with Crippen molar-refractivity contribution in [3.63, 3.8) is 0 Å². The summed E-state index contributed by atoms with van der Waals surface area (Å²) >= 11 is 6.46. The topological polar surface area (TPSA) is 84.2 Å². The molecule has 2 heterocycles. The van der Waals surface area contributed by atoms with E-state index in [1.807, 2.05) is 32.0 Å². The van der Waals surface area contributed by atoms with E-state index in [0.29, 0.717) is 31.5 Å². The number of aryl methyl sites for hydroxylation is 1. The first-order chi connectivity index (χ1) is 13.4. The number of carboxylic acids is 1. The number of anilines is 1. The van der Waals surface area contributed by atoms with Gasteiger partial charge in [-0.2, -0.15) is 0 Å². The highest BCUT2D eigenvalue weighted by Gasteiger charge is 2.47. The quantitative estimate of drug-likeness (QED) is 0.650. The maximum atomic E-state index is 13.0. The zero-order valence-corrected chi connectivity index (χ0v) is 17.0.